The van der Waals surface area contributed by atoms with Crippen molar-refractivity contribution in [3.8, 4) is 0 Å². The SMILES string of the molecule is CC(C)(C)OC(=O)NC1(CNC2CCC(O)CC2)CCC1. The highest BCUT2D eigenvalue weighted by atomic mass is 16.6. The normalized spacial score (nSPS) is 28.6. The van der Waals surface area contributed by atoms with Crippen LogP contribution < -0.4 is 10.6 Å². The standard InChI is InChI=1S/C16H30N2O3/c1-15(2,3)21-14(20)18-16(9-4-10-16)11-17-12-5-7-13(19)8-6-12/h12-13,17,19H,4-11H2,1-3H3,(H,18,20). The summed E-state index contributed by atoms with van der Waals surface area (Å²) < 4.78 is 5.36. The lowest BCUT2D eigenvalue weighted by Crippen LogP contribution is -2.61. The summed E-state index contributed by atoms with van der Waals surface area (Å²) in [5.74, 6) is 0. The minimum Gasteiger partial charge on any atom is -0.444 e. The Hall–Kier alpha value is -0.810. The summed E-state index contributed by atoms with van der Waals surface area (Å²) in [6, 6.07) is 0.464. The number of amides is 1. The first-order valence-corrected chi connectivity index (χ1v) is 8.21. The molecule has 0 spiro atoms. The van der Waals surface area contributed by atoms with Crippen molar-refractivity contribution in [2.75, 3.05) is 6.54 Å². The Kier molecular flexibility index (Phi) is 5.15. The van der Waals surface area contributed by atoms with E-state index in [4.69, 9.17) is 4.74 Å². The number of carbonyl (C=O) groups is 1. The van der Waals surface area contributed by atoms with Crippen molar-refractivity contribution < 1.29 is 14.6 Å². The van der Waals surface area contributed by atoms with E-state index in [1.165, 1.54) is 0 Å². The van der Waals surface area contributed by atoms with Crippen LogP contribution in [0.3, 0.4) is 0 Å². The minimum absolute atomic E-state index is 0.124. The predicted octanol–water partition coefficient (Wildman–Crippen LogP) is 2.33. The molecule has 2 fully saturated rings. The largest absolute Gasteiger partial charge is 0.444 e. The molecule has 5 nitrogen and oxygen atoms in total. The van der Waals surface area contributed by atoms with Gasteiger partial charge in [0, 0.05) is 12.6 Å². The van der Waals surface area contributed by atoms with Crippen LogP contribution in [0.25, 0.3) is 0 Å². The summed E-state index contributed by atoms with van der Waals surface area (Å²) >= 11 is 0. The van der Waals surface area contributed by atoms with Crippen molar-refractivity contribution in [3.05, 3.63) is 0 Å². The maximum Gasteiger partial charge on any atom is 0.408 e. The van der Waals surface area contributed by atoms with Gasteiger partial charge in [-0.3, -0.25) is 0 Å². The molecule has 3 N–H and O–H groups in total. The number of nitrogens with one attached hydrogen (secondary N) is 2. The molecule has 1 amide bonds. The smallest absolute Gasteiger partial charge is 0.408 e. The molecular weight excluding hydrogens is 268 g/mol. The molecule has 2 saturated carbocycles. The van der Waals surface area contributed by atoms with E-state index >= 15 is 0 Å². The summed E-state index contributed by atoms with van der Waals surface area (Å²) in [5, 5.41) is 16.2. The summed E-state index contributed by atoms with van der Waals surface area (Å²) in [6.45, 7) is 6.44. The first-order valence-electron chi connectivity index (χ1n) is 8.21. The third-order valence-electron chi connectivity index (χ3n) is 4.50. The lowest BCUT2D eigenvalue weighted by Gasteiger charge is -2.44. The quantitative estimate of drug-likeness (QED) is 0.745. The molecule has 0 saturated heterocycles. The molecule has 0 aromatic rings. The van der Waals surface area contributed by atoms with E-state index in [1.54, 1.807) is 0 Å². The molecule has 0 aromatic carbocycles. The van der Waals surface area contributed by atoms with Gasteiger partial charge in [0.2, 0.25) is 0 Å². The van der Waals surface area contributed by atoms with Gasteiger partial charge in [-0.2, -0.15) is 0 Å². The molecular formula is C16H30N2O3. The maximum absolute atomic E-state index is 12.0. The lowest BCUT2D eigenvalue weighted by atomic mass is 9.76. The van der Waals surface area contributed by atoms with Gasteiger partial charge in [0.25, 0.3) is 0 Å². The van der Waals surface area contributed by atoms with Gasteiger partial charge in [0.15, 0.2) is 0 Å². The monoisotopic (exact) mass is 298 g/mol. The number of hydrogen-bond acceptors (Lipinski definition) is 4. The molecule has 0 bridgehead atoms. The molecule has 122 valence electrons. The van der Waals surface area contributed by atoms with E-state index in [2.05, 4.69) is 10.6 Å². The third kappa shape index (κ3) is 5.15. The van der Waals surface area contributed by atoms with Crippen molar-refractivity contribution in [1.29, 1.82) is 0 Å². The third-order valence-corrected chi connectivity index (χ3v) is 4.50. The van der Waals surface area contributed by atoms with Crippen LogP contribution >= 0.6 is 0 Å². The van der Waals surface area contributed by atoms with Crippen LogP contribution in [-0.4, -0.2) is 41.0 Å². The molecule has 21 heavy (non-hydrogen) atoms. The Labute approximate surface area is 127 Å². The second-order valence-corrected chi connectivity index (χ2v) is 7.65. The summed E-state index contributed by atoms with van der Waals surface area (Å²) in [4.78, 5) is 12.0. The molecule has 2 aliphatic carbocycles. The van der Waals surface area contributed by atoms with Crippen LogP contribution in [-0.2, 0) is 4.74 Å². The van der Waals surface area contributed by atoms with Crippen LogP contribution in [0.5, 0.6) is 0 Å². The van der Waals surface area contributed by atoms with Crippen molar-refractivity contribution in [1.82, 2.24) is 10.6 Å². The molecule has 0 unspecified atom stereocenters. The Balaban J connectivity index is 1.77. The number of alkyl carbamates (subject to hydrolysis) is 1. The Bertz CT molecular complexity index is 353. The molecule has 2 rings (SSSR count). The van der Waals surface area contributed by atoms with Gasteiger partial charge >= 0.3 is 6.09 Å². The van der Waals surface area contributed by atoms with E-state index in [0.29, 0.717) is 6.04 Å². The van der Waals surface area contributed by atoms with E-state index < -0.39 is 5.60 Å². The van der Waals surface area contributed by atoms with Crippen LogP contribution in [0.1, 0.15) is 65.7 Å². The van der Waals surface area contributed by atoms with E-state index in [1.807, 2.05) is 20.8 Å². The number of carbonyl (C=O) groups excluding carboxylic acids is 1. The zero-order chi connectivity index (χ0) is 15.5. The summed E-state index contributed by atoms with van der Waals surface area (Å²) in [7, 11) is 0. The highest BCUT2D eigenvalue weighted by Crippen LogP contribution is 2.32. The molecule has 5 heteroatoms. The fraction of sp³-hybridized carbons (Fsp3) is 0.938. The average Bonchev–Trinajstić information content (AvgIpc) is 2.32. The Morgan fingerprint density at radius 3 is 2.33 bits per heavy atom. The molecule has 0 heterocycles. The average molecular weight is 298 g/mol. The number of hydrogen-bond donors (Lipinski definition) is 3. The fourth-order valence-electron chi connectivity index (χ4n) is 3.09. The van der Waals surface area contributed by atoms with Crippen LogP contribution in [0.2, 0.25) is 0 Å². The first-order chi connectivity index (χ1) is 9.78. The van der Waals surface area contributed by atoms with Crippen molar-refractivity contribution in [2.24, 2.45) is 0 Å². The highest BCUT2D eigenvalue weighted by Gasteiger charge is 2.39. The maximum atomic E-state index is 12.0. The van der Waals surface area contributed by atoms with E-state index in [9.17, 15) is 9.90 Å². The van der Waals surface area contributed by atoms with E-state index in [-0.39, 0.29) is 17.7 Å². The summed E-state index contributed by atoms with van der Waals surface area (Å²) in [6.07, 6.45) is 6.52. The van der Waals surface area contributed by atoms with Gasteiger partial charge in [-0.05, 0) is 65.7 Å². The Morgan fingerprint density at radius 1 is 1.24 bits per heavy atom. The van der Waals surface area contributed by atoms with Gasteiger partial charge in [-0.1, -0.05) is 0 Å². The van der Waals surface area contributed by atoms with Gasteiger partial charge < -0.3 is 20.5 Å². The zero-order valence-corrected chi connectivity index (χ0v) is 13.6. The first kappa shape index (κ1) is 16.6. The molecule has 0 aliphatic heterocycles. The number of aliphatic hydroxyl groups is 1. The molecule has 0 radical (unpaired) electrons. The lowest BCUT2D eigenvalue weighted by molar-refractivity contribution is 0.0373. The molecule has 0 atom stereocenters. The van der Waals surface area contributed by atoms with Gasteiger partial charge in [0.1, 0.15) is 5.60 Å². The molecule has 0 aromatic heterocycles. The van der Waals surface area contributed by atoms with Crippen LogP contribution in [0.4, 0.5) is 4.79 Å². The second-order valence-electron chi connectivity index (χ2n) is 7.65. The van der Waals surface area contributed by atoms with Crippen molar-refractivity contribution in [3.63, 3.8) is 0 Å². The van der Waals surface area contributed by atoms with Crippen molar-refractivity contribution in [2.45, 2.75) is 89.0 Å². The number of aliphatic hydroxyl groups excluding tert-OH is 1. The van der Waals surface area contributed by atoms with Crippen LogP contribution in [0.15, 0.2) is 0 Å². The summed E-state index contributed by atoms with van der Waals surface area (Å²) in [5.41, 5.74) is -0.597. The highest BCUT2D eigenvalue weighted by molar-refractivity contribution is 5.69. The topological polar surface area (TPSA) is 70.6 Å². The number of ether oxygens (including phenoxy) is 1. The zero-order valence-electron chi connectivity index (χ0n) is 13.6. The minimum atomic E-state index is -0.456. The van der Waals surface area contributed by atoms with E-state index in [0.717, 1.165) is 51.5 Å². The second kappa shape index (κ2) is 6.53. The van der Waals surface area contributed by atoms with Crippen molar-refractivity contribution >= 4 is 6.09 Å². The van der Waals surface area contributed by atoms with Gasteiger partial charge in [0.05, 0.1) is 11.6 Å². The van der Waals surface area contributed by atoms with Crippen LogP contribution in [0, 0.1) is 0 Å². The Morgan fingerprint density at radius 2 is 1.86 bits per heavy atom. The molecule has 2 aliphatic rings. The predicted molar refractivity (Wildman–Crippen MR) is 82.2 cm³/mol. The fourth-order valence-corrected chi connectivity index (χ4v) is 3.09. The van der Waals surface area contributed by atoms with Gasteiger partial charge in [-0.15, -0.1) is 0 Å². The number of rotatable bonds is 4. The van der Waals surface area contributed by atoms with Gasteiger partial charge in [-0.25, -0.2) is 4.79 Å².